The molecule has 0 aliphatic carbocycles. The number of nitrogens with zero attached hydrogens (tertiary/aromatic N) is 1. The maximum absolute atomic E-state index is 13.0. The molecule has 1 atom stereocenters. The van der Waals surface area contributed by atoms with E-state index < -0.39 is 17.9 Å². The molecule has 1 aliphatic rings. The zero-order chi connectivity index (χ0) is 24.4. The molecular formula is C22H30BrN3O6S. The molecule has 9 nitrogen and oxygen atoms in total. The monoisotopic (exact) mass is 543 g/mol. The summed E-state index contributed by atoms with van der Waals surface area (Å²) in [4.78, 5) is 39.1. The number of carbonyl (C=O) groups is 3. The van der Waals surface area contributed by atoms with Crippen molar-refractivity contribution in [2.75, 3.05) is 40.0 Å². The summed E-state index contributed by atoms with van der Waals surface area (Å²) in [5.41, 5.74) is 0.312. The fourth-order valence-electron chi connectivity index (χ4n) is 3.06. The van der Waals surface area contributed by atoms with Crippen molar-refractivity contribution in [2.45, 2.75) is 32.7 Å². The van der Waals surface area contributed by atoms with E-state index in [1.807, 2.05) is 0 Å². The Morgan fingerprint density at radius 1 is 1.30 bits per heavy atom. The third kappa shape index (κ3) is 8.56. The Labute approximate surface area is 207 Å². The number of ether oxygens (including phenoxy) is 3. The van der Waals surface area contributed by atoms with Crippen LogP contribution in [0.5, 0.6) is 5.75 Å². The van der Waals surface area contributed by atoms with E-state index >= 15 is 0 Å². The van der Waals surface area contributed by atoms with Gasteiger partial charge in [-0.25, -0.2) is 0 Å². The summed E-state index contributed by atoms with van der Waals surface area (Å²) in [6.45, 7) is 5.69. The molecule has 1 heterocycles. The van der Waals surface area contributed by atoms with E-state index in [4.69, 9.17) is 26.4 Å². The van der Waals surface area contributed by atoms with E-state index in [0.29, 0.717) is 41.4 Å². The number of hydrogen-bond acceptors (Lipinski definition) is 7. The molecule has 1 aliphatic heterocycles. The summed E-state index contributed by atoms with van der Waals surface area (Å²) in [5, 5.41) is 5.44. The SMILES string of the molecule is COCCOC(=O)CC1C(=O)NCCN1C(=S)NC(=O)c1cc(Br)ccc1OCCC(C)C. The molecule has 0 aromatic heterocycles. The summed E-state index contributed by atoms with van der Waals surface area (Å²) < 4.78 is 16.5. The third-order valence-electron chi connectivity index (χ3n) is 4.86. The highest BCUT2D eigenvalue weighted by atomic mass is 79.9. The molecule has 1 fully saturated rings. The molecule has 2 N–H and O–H groups in total. The number of amides is 2. The van der Waals surface area contributed by atoms with Crippen LogP contribution in [0, 0.1) is 5.92 Å². The van der Waals surface area contributed by atoms with Crippen molar-refractivity contribution in [1.82, 2.24) is 15.5 Å². The molecule has 2 amide bonds. The van der Waals surface area contributed by atoms with Crippen LogP contribution in [0.1, 0.15) is 37.0 Å². The molecule has 11 heteroatoms. The Hall–Kier alpha value is -2.24. The summed E-state index contributed by atoms with van der Waals surface area (Å²) in [7, 11) is 1.50. The van der Waals surface area contributed by atoms with Gasteiger partial charge in [0.25, 0.3) is 5.91 Å². The van der Waals surface area contributed by atoms with Gasteiger partial charge in [-0.1, -0.05) is 29.8 Å². The predicted molar refractivity (Wildman–Crippen MR) is 130 cm³/mol. The Morgan fingerprint density at radius 2 is 2.06 bits per heavy atom. The van der Waals surface area contributed by atoms with Crippen LogP contribution in [-0.2, 0) is 19.1 Å². The number of methoxy groups -OCH3 is 1. The normalized spacial score (nSPS) is 15.7. The number of rotatable bonds is 10. The molecule has 33 heavy (non-hydrogen) atoms. The molecule has 1 aromatic rings. The van der Waals surface area contributed by atoms with Crippen LogP contribution < -0.4 is 15.4 Å². The van der Waals surface area contributed by atoms with Crippen molar-refractivity contribution in [3.05, 3.63) is 28.2 Å². The zero-order valence-corrected chi connectivity index (χ0v) is 21.4. The van der Waals surface area contributed by atoms with Gasteiger partial charge in [-0.15, -0.1) is 0 Å². The van der Waals surface area contributed by atoms with Gasteiger partial charge >= 0.3 is 5.97 Å². The van der Waals surface area contributed by atoms with E-state index in [1.165, 1.54) is 12.0 Å². The van der Waals surface area contributed by atoms with Gasteiger partial charge in [-0.05, 0) is 42.8 Å². The number of nitrogens with one attached hydrogen (secondary N) is 2. The van der Waals surface area contributed by atoms with Gasteiger partial charge in [0, 0.05) is 24.7 Å². The third-order valence-corrected chi connectivity index (χ3v) is 5.69. The number of esters is 1. The molecule has 1 unspecified atom stereocenters. The average molecular weight is 544 g/mol. The first-order chi connectivity index (χ1) is 15.7. The fourth-order valence-corrected chi connectivity index (χ4v) is 3.74. The number of hydrogen-bond donors (Lipinski definition) is 2. The van der Waals surface area contributed by atoms with Gasteiger partial charge in [0.05, 0.1) is 25.2 Å². The van der Waals surface area contributed by atoms with Gasteiger partial charge in [0.15, 0.2) is 5.11 Å². The minimum Gasteiger partial charge on any atom is -0.493 e. The van der Waals surface area contributed by atoms with Crippen LogP contribution in [0.4, 0.5) is 0 Å². The minimum absolute atomic E-state index is 0.0534. The Morgan fingerprint density at radius 3 is 2.76 bits per heavy atom. The van der Waals surface area contributed by atoms with Gasteiger partial charge in [-0.2, -0.15) is 0 Å². The zero-order valence-electron chi connectivity index (χ0n) is 19.0. The molecule has 1 saturated heterocycles. The highest BCUT2D eigenvalue weighted by molar-refractivity contribution is 9.10. The van der Waals surface area contributed by atoms with E-state index in [1.54, 1.807) is 18.2 Å². The first-order valence-electron chi connectivity index (χ1n) is 10.7. The lowest BCUT2D eigenvalue weighted by molar-refractivity contribution is -0.148. The largest absolute Gasteiger partial charge is 0.493 e. The maximum atomic E-state index is 13.0. The molecule has 0 radical (unpaired) electrons. The summed E-state index contributed by atoms with van der Waals surface area (Å²) >= 11 is 8.80. The lowest BCUT2D eigenvalue weighted by Gasteiger charge is -2.36. The van der Waals surface area contributed by atoms with E-state index in [9.17, 15) is 14.4 Å². The number of thiocarbonyl (C=S) groups is 1. The molecule has 0 saturated carbocycles. The van der Waals surface area contributed by atoms with Gasteiger partial charge in [0.1, 0.15) is 18.4 Å². The van der Waals surface area contributed by atoms with Crippen LogP contribution >= 0.6 is 28.1 Å². The first-order valence-corrected chi connectivity index (χ1v) is 11.9. The van der Waals surface area contributed by atoms with E-state index in [-0.39, 0.29) is 30.7 Å². The predicted octanol–water partition coefficient (Wildman–Crippen LogP) is 2.27. The smallest absolute Gasteiger partial charge is 0.308 e. The summed E-state index contributed by atoms with van der Waals surface area (Å²) in [5.74, 6) is -0.474. The second-order valence-corrected chi connectivity index (χ2v) is 9.15. The van der Waals surface area contributed by atoms with Crippen molar-refractivity contribution < 1.29 is 28.6 Å². The van der Waals surface area contributed by atoms with Crippen LogP contribution in [0.3, 0.4) is 0 Å². The van der Waals surface area contributed by atoms with Crippen LogP contribution in [0.2, 0.25) is 0 Å². The number of piperazine rings is 1. The van der Waals surface area contributed by atoms with Crippen molar-refractivity contribution in [3.8, 4) is 5.75 Å². The van der Waals surface area contributed by atoms with Crippen molar-refractivity contribution in [3.63, 3.8) is 0 Å². The van der Waals surface area contributed by atoms with E-state index in [0.717, 1.165) is 6.42 Å². The first kappa shape index (κ1) is 27.0. The topological polar surface area (TPSA) is 106 Å². The van der Waals surface area contributed by atoms with Crippen LogP contribution in [0.25, 0.3) is 0 Å². The van der Waals surface area contributed by atoms with Gasteiger partial charge in [0.2, 0.25) is 5.91 Å². The second kappa shape index (κ2) is 13.5. The van der Waals surface area contributed by atoms with Crippen LogP contribution in [-0.4, -0.2) is 73.9 Å². The number of halogens is 1. The molecule has 182 valence electrons. The average Bonchev–Trinajstić information content (AvgIpc) is 2.76. The Bertz CT molecular complexity index is 867. The quantitative estimate of drug-likeness (QED) is 0.263. The molecule has 0 bridgehead atoms. The molecule has 1 aromatic carbocycles. The Balaban J connectivity index is 2.08. The molecule has 0 spiro atoms. The van der Waals surface area contributed by atoms with E-state index in [2.05, 4.69) is 40.4 Å². The summed E-state index contributed by atoms with van der Waals surface area (Å²) in [6, 6.07) is 4.28. The molecule has 2 rings (SSSR count). The lowest BCUT2D eigenvalue weighted by Crippen LogP contribution is -2.60. The number of carbonyl (C=O) groups excluding carboxylic acids is 3. The van der Waals surface area contributed by atoms with Crippen molar-refractivity contribution >= 4 is 51.0 Å². The lowest BCUT2D eigenvalue weighted by atomic mass is 10.1. The highest BCUT2D eigenvalue weighted by Crippen LogP contribution is 2.24. The molecular weight excluding hydrogens is 514 g/mol. The number of benzene rings is 1. The van der Waals surface area contributed by atoms with Crippen molar-refractivity contribution in [2.24, 2.45) is 5.92 Å². The highest BCUT2D eigenvalue weighted by Gasteiger charge is 2.34. The Kier molecular flexibility index (Phi) is 11.0. The van der Waals surface area contributed by atoms with Crippen LogP contribution in [0.15, 0.2) is 22.7 Å². The van der Waals surface area contributed by atoms with Gasteiger partial charge in [-0.3, -0.25) is 19.7 Å². The summed E-state index contributed by atoms with van der Waals surface area (Å²) in [6.07, 6.45) is 0.645. The van der Waals surface area contributed by atoms with Gasteiger partial charge < -0.3 is 24.4 Å². The fraction of sp³-hybridized carbons (Fsp3) is 0.545. The minimum atomic E-state index is -0.883. The maximum Gasteiger partial charge on any atom is 0.308 e. The second-order valence-electron chi connectivity index (χ2n) is 7.85. The van der Waals surface area contributed by atoms with Crippen molar-refractivity contribution in [1.29, 1.82) is 0 Å². The standard InChI is InChI=1S/C22H30BrN3O6S/c1-14(2)6-9-31-18-5-4-15(23)12-16(18)20(28)25-22(33)26-8-7-24-21(29)17(26)13-19(27)32-11-10-30-3/h4-5,12,14,17H,6-11,13H2,1-3H3,(H,24,29)(H,25,28,33).